The van der Waals surface area contributed by atoms with E-state index in [-0.39, 0.29) is 0 Å². The van der Waals surface area contributed by atoms with Crippen LogP contribution in [0.2, 0.25) is 0 Å². The van der Waals surface area contributed by atoms with Crippen molar-refractivity contribution in [2.45, 2.75) is 0 Å². The number of hydrogen-bond acceptors (Lipinski definition) is 2. The average Bonchev–Trinajstić information content (AvgIpc) is 3.89. The Morgan fingerprint density at radius 3 is 1.70 bits per heavy atom. The minimum absolute atomic E-state index is 0.843. The molecule has 286 valence electrons. The highest BCUT2D eigenvalue weighted by Crippen LogP contribution is 2.49. The normalized spacial score (nSPS) is 11.6. The van der Waals surface area contributed by atoms with Crippen LogP contribution in [0.4, 0.5) is 17.1 Å². The van der Waals surface area contributed by atoms with Crippen molar-refractivity contribution in [1.29, 1.82) is 0 Å². The van der Waals surface area contributed by atoms with Crippen molar-refractivity contribution in [3.05, 3.63) is 231 Å². The molecular formula is C58H38N2O. The Morgan fingerprint density at radius 1 is 0.344 bits per heavy atom. The molecule has 0 bridgehead atoms. The lowest BCUT2D eigenvalue weighted by atomic mass is 9.94. The SMILES string of the molecule is c1ccc(-c2ccc(N(c3ccccc3-c3ccccc3)c3cc4oc5cccc(-c6cccc7c8ccccc8n(-c8ccccc8)c67)c5c4c4ccccc34)cc2)cc1. The van der Waals surface area contributed by atoms with Gasteiger partial charge in [-0.15, -0.1) is 0 Å². The predicted molar refractivity (Wildman–Crippen MR) is 257 cm³/mol. The van der Waals surface area contributed by atoms with Gasteiger partial charge in [-0.3, -0.25) is 0 Å². The molecule has 0 aliphatic carbocycles. The number of benzene rings is 10. The molecule has 61 heavy (non-hydrogen) atoms. The van der Waals surface area contributed by atoms with Crippen LogP contribution in [0.3, 0.4) is 0 Å². The number of rotatable bonds is 7. The minimum atomic E-state index is 0.843. The summed E-state index contributed by atoms with van der Waals surface area (Å²) in [7, 11) is 0. The summed E-state index contributed by atoms with van der Waals surface area (Å²) in [5, 5.41) is 6.95. The zero-order valence-corrected chi connectivity index (χ0v) is 33.2. The van der Waals surface area contributed by atoms with Gasteiger partial charge >= 0.3 is 0 Å². The highest BCUT2D eigenvalue weighted by Gasteiger charge is 2.25. The maximum Gasteiger partial charge on any atom is 0.138 e. The smallest absolute Gasteiger partial charge is 0.138 e. The first kappa shape index (κ1) is 34.9. The van der Waals surface area contributed by atoms with Crippen LogP contribution in [0, 0.1) is 0 Å². The standard InChI is InChI=1S/C58H38N2O/c1-4-18-39(19-5-1)40-34-36-43(37-35-40)59(51-31-14-12-24-44(51)41-20-6-2-7-21-41)53-38-55-57(47-27-11-10-25-45(47)53)56-48(28-17-33-54(56)61-55)50-30-16-29-49-46-26-13-15-32-52(46)60(58(49)50)42-22-8-3-9-23-42/h1-38H. The average molecular weight is 779 g/mol. The summed E-state index contributed by atoms with van der Waals surface area (Å²) in [5.74, 6) is 0. The first-order valence-corrected chi connectivity index (χ1v) is 20.9. The molecule has 0 saturated heterocycles. The molecule has 12 rings (SSSR count). The first-order chi connectivity index (χ1) is 30.3. The van der Waals surface area contributed by atoms with Crippen molar-refractivity contribution in [1.82, 2.24) is 4.57 Å². The van der Waals surface area contributed by atoms with Crippen LogP contribution in [-0.4, -0.2) is 4.57 Å². The Morgan fingerprint density at radius 2 is 0.918 bits per heavy atom. The molecule has 2 aromatic heterocycles. The van der Waals surface area contributed by atoms with E-state index in [4.69, 9.17) is 4.42 Å². The molecule has 0 N–H and O–H groups in total. The van der Waals surface area contributed by atoms with Gasteiger partial charge in [0.2, 0.25) is 0 Å². The Hall–Kier alpha value is -8.14. The largest absolute Gasteiger partial charge is 0.456 e. The van der Waals surface area contributed by atoms with Crippen molar-refractivity contribution < 1.29 is 4.42 Å². The Labute approximate surface area is 353 Å². The molecule has 3 heteroatoms. The molecular weight excluding hydrogens is 741 g/mol. The molecule has 3 nitrogen and oxygen atoms in total. The second kappa shape index (κ2) is 14.3. The summed E-state index contributed by atoms with van der Waals surface area (Å²) in [5.41, 5.74) is 15.4. The third-order valence-corrected chi connectivity index (χ3v) is 12.2. The first-order valence-electron chi connectivity index (χ1n) is 20.9. The molecule has 0 amide bonds. The van der Waals surface area contributed by atoms with E-state index >= 15 is 0 Å². The lowest BCUT2D eigenvalue weighted by Gasteiger charge is -2.29. The number of fused-ring (bicyclic) bond motifs is 8. The van der Waals surface area contributed by atoms with E-state index in [0.717, 1.165) is 77.7 Å². The maximum absolute atomic E-state index is 7.03. The van der Waals surface area contributed by atoms with Crippen molar-refractivity contribution in [2.75, 3.05) is 4.90 Å². The van der Waals surface area contributed by atoms with Gasteiger partial charge in [0.25, 0.3) is 0 Å². The highest BCUT2D eigenvalue weighted by atomic mass is 16.3. The van der Waals surface area contributed by atoms with Crippen molar-refractivity contribution in [3.8, 4) is 39.1 Å². The molecule has 0 spiro atoms. The fourth-order valence-corrected chi connectivity index (χ4v) is 9.52. The van der Waals surface area contributed by atoms with Crippen molar-refractivity contribution >= 4 is 71.6 Å². The summed E-state index contributed by atoms with van der Waals surface area (Å²) >= 11 is 0. The van der Waals surface area contributed by atoms with Crippen LogP contribution in [0.25, 0.3) is 93.6 Å². The van der Waals surface area contributed by atoms with Crippen molar-refractivity contribution in [3.63, 3.8) is 0 Å². The Kier molecular flexibility index (Phi) is 8.17. The Balaban J connectivity index is 1.13. The summed E-state index contributed by atoms with van der Waals surface area (Å²) in [6, 6.07) is 82.7. The van der Waals surface area contributed by atoms with E-state index in [1.54, 1.807) is 0 Å². The van der Waals surface area contributed by atoms with E-state index in [0.29, 0.717) is 0 Å². The van der Waals surface area contributed by atoms with Gasteiger partial charge in [0, 0.05) is 55.5 Å². The van der Waals surface area contributed by atoms with E-state index in [1.165, 1.54) is 32.9 Å². The monoisotopic (exact) mass is 778 g/mol. The van der Waals surface area contributed by atoms with Crippen LogP contribution in [-0.2, 0) is 0 Å². The molecule has 0 radical (unpaired) electrons. The van der Waals surface area contributed by atoms with Crippen LogP contribution in [0.15, 0.2) is 235 Å². The summed E-state index contributed by atoms with van der Waals surface area (Å²) in [6.07, 6.45) is 0. The second-order valence-corrected chi connectivity index (χ2v) is 15.6. The van der Waals surface area contributed by atoms with Gasteiger partial charge in [0.1, 0.15) is 11.2 Å². The van der Waals surface area contributed by atoms with E-state index in [1.807, 2.05) is 0 Å². The number of aromatic nitrogens is 1. The van der Waals surface area contributed by atoms with E-state index in [9.17, 15) is 0 Å². The second-order valence-electron chi connectivity index (χ2n) is 15.6. The molecule has 0 aliphatic heterocycles. The molecule has 2 heterocycles. The van der Waals surface area contributed by atoms with Crippen LogP contribution in [0.5, 0.6) is 0 Å². The van der Waals surface area contributed by atoms with Gasteiger partial charge in [-0.05, 0) is 70.1 Å². The van der Waals surface area contributed by atoms with Crippen molar-refractivity contribution in [2.24, 2.45) is 0 Å². The van der Waals surface area contributed by atoms with Crippen LogP contribution in [0.1, 0.15) is 0 Å². The van der Waals surface area contributed by atoms with Gasteiger partial charge in [-0.2, -0.15) is 0 Å². The lowest BCUT2D eigenvalue weighted by Crippen LogP contribution is -2.12. The quantitative estimate of drug-likeness (QED) is 0.161. The highest BCUT2D eigenvalue weighted by molar-refractivity contribution is 6.27. The lowest BCUT2D eigenvalue weighted by molar-refractivity contribution is 0.669. The van der Waals surface area contributed by atoms with Gasteiger partial charge < -0.3 is 13.9 Å². The maximum atomic E-state index is 7.03. The van der Waals surface area contributed by atoms with E-state index < -0.39 is 0 Å². The number of hydrogen-bond donors (Lipinski definition) is 0. The zero-order chi connectivity index (χ0) is 40.3. The summed E-state index contributed by atoms with van der Waals surface area (Å²) < 4.78 is 9.45. The molecule has 10 aromatic carbocycles. The van der Waals surface area contributed by atoms with Crippen LogP contribution < -0.4 is 4.90 Å². The number of para-hydroxylation sites is 4. The van der Waals surface area contributed by atoms with Gasteiger partial charge in [0.15, 0.2) is 0 Å². The molecule has 12 aromatic rings. The van der Waals surface area contributed by atoms with Gasteiger partial charge in [-0.25, -0.2) is 0 Å². The number of anilines is 3. The van der Waals surface area contributed by atoms with Gasteiger partial charge in [0.05, 0.1) is 22.4 Å². The number of furan rings is 1. The molecule has 0 unspecified atom stereocenters. The third-order valence-electron chi connectivity index (χ3n) is 12.2. The predicted octanol–water partition coefficient (Wildman–Crippen LogP) is 16.3. The molecule has 0 saturated carbocycles. The topological polar surface area (TPSA) is 21.3 Å². The summed E-state index contributed by atoms with van der Waals surface area (Å²) in [6.45, 7) is 0. The summed E-state index contributed by atoms with van der Waals surface area (Å²) in [4.78, 5) is 2.41. The fourth-order valence-electron chi connectivity index (χ4n) is 9.52. The zero-order valence-electron chi connectivity index (χ0n) is 33.2. The molecule has 0 fully saturated rings. The minimum Gasteiger partial charge on any atom is -0.456 e. The molecule has 0 atom stereocenters. The Bertz CT molecular complexity index is 3570. The third kappa shape index (κ3) is 5.66. The van der Waals surface area contributed by atoms with Crippen LogP contribution >= 0.6 is 0 Å². The van der Waals surface area contributed by atoms with Gasteiger partial charge in [-0.1, -0.05) is 182 Å². The number of nitrogens with zero attached hydrogens (tertiary/aromatic N) is 2. The fraction of sp³-hybridized carbons (Fsp3) is 0. The van der Waals surface area contributed by atoms with E-state index in [2.05, 4.69) is 240 Å². The molecule has 0 aliphatic rings.